The molecule has 2 atom stereocenters. The Hall–Kier alpha value is -0.810. The Balaban J connectivity index is 2.79. The number of likely N-dealkylation sites (N-methyl/N-ethyl adjacent to an activating group) is 1. The van der Waals surface area contributed by atoms with Crippen LogP contribution >= 0.6 is 11.8 Å². The lowest BCUT2D eigenvalue weighted by molar-refractivity contribution is -0.148. The third-order valence-corrected chi connectivity index (χ3v) is 2.21. The van der Waals surface area contributed by atoms with E-state index >= 15 is 0 Å². The maximum atomic E-state index is 11.2. The van der Waals surface area contributed by atoms with Gasteiger partial charge in [-0.15, -0.1) is 0 Å². The van der Waals surface area contributed by atoms with Gasteiger partial charge in [0.1, 0.15) is 0 Å². The monoisotopic (exact) mass is 192 g/mol. The molecule has 12 heavy (non-hydrogen) atoms. The highest BCUT2D eigenvalue weighted by molar-refractivity contribution is 6.25. The van der Waals surface area contributed by atoms with E-state index in [9.17, 15) is 9.59 Å². The molecule has 0 radical (unpaired) electrons. The standard InChI is InChI=1S/C6H9ClN2O3/c1-8-4(10)6(3-9(6)7)5(11)12-2/h3H2,1-2H3,(H,8,10). The number of carbonyl (C=O) groups is 2. The first kappa shape index (κ1) is 9.28. The van der Waals surface area contributed by atoms with Gasteiger partial charge >= 0.3 is 5.97 Å². The molecule has 0 bridgehead atoms. The van der Waals surface area contributed by atoms with Gasteiger partial charge in [-0.1, -0.05) is 0 Å². The van der Waals surface area contributed by atoms with E-state index in [0.717, 1.165) is 4.42 Å². The van der Waals surface area contributed by atoms with Gasteiger partial charge in [0.2, 0.25) is 5.54 Å². The molecule has 1 aliphatic rings. The van der Waals surface area contributed by atoms with Gasteiger partial charge in [-0.3, -0.25) is 4.79 Å². The van der Waals surface area contributed by atoms with Crippen molar-refractivity contribution in [3.63, 3.8) is 0 Å². The fourth-order valence-corrected chi connectivity index (χ4v) is 1.30. The normalized spacial score (nSPS) is 32.4. The van der Waals surface area contributed by atoms with Crippen molar-refractivity contribution in [3.8, 4) is 0 Å². The summed E-state index contributed by atoms with van der Waals surface area (Å²) >= 11 is 5.53. The van der Waals surface area contributed by atoms with E-state index in [1.165, 1.54) is 14.2 Å². The second kappa shape index (κ2) is 2.91. The van der Waals surface area contributed by atoms with Crippen LogP contribution in [0.5, 0.6) is 0 Å². The van der Waals surface area contributed by atoms with E-state index in [2.05, 4.69) is 10.1 Å². The average molecular weight is 193 g/mol. The number of halogens is 1. The summed E-state index contributed by atoms with van der Waals surface area (Å²) < 4.78 is 5.55. The Morgan fingerprint density at radius 3 is 2.42 bits per heavy atom. The van der Waals surface area contributed by atoms with Crippen LogP contribution in [0.15, 0.2) is 0 Å². The largest absolute Gasteiger partial charge is 0.467 e. The fraction of sp³-hybridized carbons (Fsp3) is 0.667. The Kier molecular flexibility index (Phi) is 2.25. The number of ether oxygens (including phenoxy) is 1. The van der Waals surface area contributed by atoms with Crippen molar-refractivity contribution < 1.29 is 14.3 Å². The molecule has 0 saturated carbocycles. The number of esters is 1. The van der Waals surface area contributed by atoms with Gasteiger partial charge < -0.3 is 10.1 Å². The number of hydrogen-bond donors (Lipinski definition) is 1. The zero-order valence-electron chi connectivity index (χ0n) is 6.76. The number of amides is 1. The first-order valence-corrected chi connectivity index (χ1v) is 3.67. The molecule has 6 heteroatoms. The summed E-state index contributed by atoms with van der Waals surface area (Å²) in [7, 11) is 2.66. The molecule has 1 aliphatic heterocycles. The quantitative estimate of drug-likeness (QED) is 0.267. The van der Waals surface area contributed by atoms with Crippen LogP contribution < -0.4 is 5.32 Å². The molecule has 1 fully saturated rings. The van der Waals surface area contributed by atoms with Gasteiger partial charge in [0.05, 0.1) is 13.7 Å². The van der Waals surface area contributed by atoms with E-state index < -0.39 is 17.4 Å². The number of hydrogen-bond acceptors (Lipinski definition) is 4. The Morgan fingerprint density at radius 1 is 1.67 bits per heavy atom. The molecule has 1 heterocycles. The third kappa shape index (κ3) is 1.05. The summed E-state index contributed by atoms with van der Waals surface area (Å²) in [6.07, 6.45) is 0. The first-order valence-electron chi connectivity index (χ1n) is 3.33. The highest BCUT2D eigenvalue weighted by atomic mass is 35.5. The zero-order valence-corrected chi connectivity index (χ0v) is 7.51. The molecule has 0 aliphatic carbocycles. The van der Waals surface area contributed by atoms with Crippen LogP contribution in [0.25, 0.3) is 0 Å². The number of methoxy groups -OCH3 is 1. The second-order valence-electron chi connectivity index (χ2n) is 2.45. The summed E-state index contributed by atoms with van der Waals surface area (Å²) in [6, 6.07) is 0. The molecule has 68 valence electrons. The molecule has 0 spiro atoms. The SMILES string of the molecule is CNC(=O)C1(C(=O)OC)CN1Cl. The van der Waals surface area contributed by atoms with Crippen LogP contribution in [0.3, 0.4) is 0 Å². The minimum absolute atomic E-state index is 0.195. The lowest BCUT2D eigenvalue weighted by Gasteiger charge is -2.09. The van der Waals surface area contributed by atoms with Gasteiger partial charge in [-0.25, -0.2) is 4.79 Å². The second-order valence-corrected chi connectivity index (χ2v) is 2.86. The van der Waals surface area contributed by atoms with Crippen LogP contribution in [0.4, 0.5) is 0 Å². The van der Waals surface area contributed by atoms with Crippen LogP contribution in [0.2, 0.25) is 0 Å². The van der Waals surface area contributed by atoms with Crippen LogP contribution in [-0.2, 0) is 14.3 Å². The molecular weight excluding hydrogens is 184 g/mol. The first-order chi connectivity index (χ1) is 5.59. The van der Waals surface area contributed by atoms with Crippen LogP contribution in [0, 0.1) is 0 Å². The molecule has 1 amide bonds. The predicted octanol–water partition coefficient (Wildman–Crippen LogP) is -0.886. The lowest BCUT2D eigenvalue weighted by atomic mass is 10.1. The molecule has 0 aromatic heterocycles. The Morgan fingerprint density at radius 2 is 2.17 bits per heavy atom. The van der Waals surface area contributed by atoms with Gasteiger partial charge in [0.15, 0.2) is 0 Å². The lowest BCUT2D eigenvalue weighted by Crippen LogP contribution is -2.44. The molecule has 1 saturated heterocycles. The van der Waals surface area contributed by atoms with E-state index in [0.29, 0.717) is 0 Å². The highest BCUT2D eigenvalue weighted by Crippen LogP contribution is 2.35. The summed E-state index contributed by atoms with van der Waals surface area (Å²) in [4.78, 5) is 22.3. The predicted molar refractivity (Wildman–Crippen MR) is 41.4 cm³/mol. The van der Waals surface area contributed by atoms with Crippen molar-refractivity contribution in [2.45, 2.75) is 5.54 Å². The molecule has 2 unspecified atom stereocenters. The zero-order chi connectivity index (χ0) is 9.35. The average Bonchev–Trinajstić information content (AvgIpc) is 2.76. The molecule has 0 aromatic rings. The van der Waals surface area contributed by atoms with Crippen molar-refractivity contribution >= 4 is 23.7 Å². The van der Waals surface area contributed by atoms with Crippen LogP contribution in [0.1, 0.15) is 0 Å². The molecule has 1 rings (SSSR count). The fourth-order valence-electron chi connectivity index (χ4n) is 0.979. The van der Waals surface area contributed by atoms with Gasteiger partial charge in [-0.2, -0.15) is 4.42 Å². The summed E-state index contributed by atoms with van der Waals surface area (Å²) in [6.45, 7) is 0.195. The Labute approximate surface area is 74.7 Å². The number of rotatable bonds is 2. The van der Waals surface area contributed by atoms with E-state index in [1.54, 1.807) is 0 Å². The summed E-state index contributed by atoms with van der Waals surface area (Å²) in [5.74, 6) is -1.07. The number of nitrogens with zero attached hydrogens (tertiary/aromatic N) is 1. The topological polar surface area (TPSA) is 58.4 Å². The summed E-state index contributed by atoms with van der Waals surface area (Å²) in [5.41, 5.74) is -1.29. The minimum Gasteiger partial charge on any atom is -0.467 e. The maximum absolute atomic E-state index is 11.2. The molecule has 0 aromatic carbocycles. The van der Waals surface area contributed by atoms with Crippen LogP contribution in [-0.4, -0.2) is 42.5 Å². The van der Waals surface area contributed by atoms with E-state index in [1.807, 2.05) is 0 Å². The Bertz CT molecular complexity index is 215. The number of carbonyl (C=O) groups excluding carboxylic acids is 2. The number of nitrogens with one attached hydrogen (secondary N) is 1. The third-order valence-electron chi connectivity index (χ3n) is 1.80. The summed E-state index contributed by atoms with van der Waals surface area (Å²) in [5, 5.41) is 2.35. The van der Waals surface area contributed by atoms with Gasteiger partial charge in [0, 0.05) is 7.05 Å². The van der Waals surface area contributed by atoms with Gasteiger partial charge in [-0.05, 0) is 11.8 Å². The van der Waals surface area contributed by atoms with E-state index in [4.69, 9.17) is 11.8 Å². The molecule has 5 nitrogen and oxygen atoms in total. The van der Waals surface area contributed by atoms with Crippen molar-refractivity contribution in [2.24, 2.45) is 0 Å². The van der Waals surface area contributed by atoms with Crippen molar-refractivity contribution in [3.05, 3.63) is 0 Å². The smallest absolute Gasteiger partial charge is 0.338 e. The minimum atomic E-state index is -1.29. The highest BCUT2D eigenvalue weighted by Gasteiger charge is 2.65. The van der Waals surface area contributed by atoms with E-state index in [-0.39, 0.29) is 6.54 Å². The van der Waals surface area contributed by atoms with Gasteiger partial charge in [0.25, 0.3) is 5.91 Å². The van der Waals surface area contributed by atoms with Crippen molar-refractivity contribution in [1.29, 1.82) is 0 Å². The molecule has 1 N–H and O–H groups in total. The van der Waals surface area contributed by atoms with Crippen molar-refractivity contribution in [1.82, 2.24) is 9.74 Å². The maximum Gasteiger partial charge on any atom is 0.338 e. The molecular formula is C6H9ClN2O3. The van der Waals surface area contributed by atoms with Crippen molar-refractivity contribution in [2.75, 3.05) is 20.7 Å².